The molecule has 2 aromatic heterocycles. The molecule has 0 aliphatic heterocycles. The Morgan fingerprint density at radius 3 is 2.81 bits per heavy atom. The van der Waals surface area contributed by atoms with Crippen molar-refractivity contribution in [2.45, 2.75) is 45.6 Å². The zero-order chi connectivity index (χ0) is 15.0. The molecule has 1 aliphatic rings. The highest BCUT2D eigenvalue weighted by molar-refractivity contribution is 7.07. The van der Waals surface area contributed by atoms with Gasteiger partial charge in [-0.25, -0.2) is 4.98 Å². The minimum Gasteiger partial charge on any atom is -0.360 e. The van der Waals surface area contributed by atoms with Gasteiger partial charge in [-0.15, -0.1) is 11.3 Å². The third kappa shape index (κ3) is 3.15. The van der Waals surface area contributed by atoms with Gasteiger partial charge in [-0.1, -0.05) is 25.9 Å². The summed E-state index contributed by atoms with van der Waals surface area (Å²) >= 11 is 1.53. The molecule has 2 heterocycles. The maximum absolute atomic E-state index is 12.4. The van der Waals surface area contributed by atoms with Gasteiger partial charge in [0.2, 0.25) is 0 Å². The maximum atomic E-state index is 12.4. The number of carbonyl (C=O) groups is 1. The second kappa shape index (κ2) is 5.26. The lowest BCUT2D eigenvalue weighted by Gasteiger charge is -2.29. The lowest BCUT2D eigenvalue weighted by Crippen LogP contribution is -2.37. The van der Waals surface area contributed by atoms with Gasteiger partial charge in [0.1, 0.15) is 5.76 Å². The molecular weight excluding hydrogens is 286 g/mol. The Balaban J connectivity index is 1.76. The monoisotopic (exact) mass is 305 g/mol. The number of aromatic nitrogens is 2. The van der Waals surface area contributed by atoms with E-state index in [1.165, 1.54) is 11.3 Å². The molecule has 0 saturated heterocycles. The summed E-state index contributed by atoms with van der Waals surface area (Å²) in [5.74, 6) is 1.07. The third-order valence-corrected chi connectivity index (χ3v) is 4.23. The van der Waals surface area contributed by atoms with E-state index in [1.54, 1.807) is 11.6 Å². The van der Waals surface area contributed by atoms with Crippen molar-refractivity contribution in [1.82, 2.24) is 15.5 Å². The molecule has 21 heavy (non-hydrogen) atoms. The van der Waals surface area contributed by atoms with Crippen molar-refractivity contribution in [3.63, 3.8) is 0 Å². The molecule has 1 saturated carbocycles. The molecule has 0 spiro atoms. The first kappa shape index (κ1) is 14.3. The fourth-order valence-electron chi connectivity index (χ4n) is 2.26. The van der Waals surface area contributed by atoms with Crippen LogP contribution in [0.5, 0.6) is 0 Å². The number of hydrogen-bond donors (Lipinski definition) is 1. The Morgan fingerprint density at radius 1 is 1.48 bits per heavy atom. The molecule has 1 N–H and O–H groups in total. The summed E-state index contributed by atoms with van der Waals surface area (Å²) in [6.45, 7) is 6.24. The van der Waals surface area contributed by atoms with Gasteiger partial charge in [0.25, 0.3) is 5.91 Å². The fraction of sp³-hybridized carbons (Fsp3) is 0.533. The van der Waals surface area contributed by atoms with Crippen LogP contribution in [-0.4, -0.2) is 16.0 Å². The minimum absolute atomic E-state index is 0.132. The van der Waals surface area contributed by atoms with Crippen LogP contribution in [0.4, 0.5) is 0 Å². The molecule has 0 aromatic carbocycles. The molecule has 0 radical (unpaired) electrons. The molecule has 1 amide bonds. The van der Waals surface area contributed by atoms with Gasteiger partial charge in [-0.05, 0) is 18.3 Å². The molecule has 3 rings (SSSR count). The number of nitrogens with one attached hydrogen (secondary N) is 1. The Morgan fingerprint density at radius 2 is 2.24 bits per heavy atom. The number of nitrogens with zero attached hydrogens (tertiary/aromatic N) is 2. The molecule has 1 aliphatic carbocycles. The molecular formula is C15H19N3O2S. The predicted molar refractivity (Wildman–Crippen MR) is 80.3 cm³/mol. The largest absolute Gasteiger partial charge is 0.360 e. The molecule has 1 unspecified atom stereocenters. The van der Waals surface area contributed by atoms with Gasteiger partial charge >= 0.3 is 0 Å². The molecule has 5 nitrogen and oxygen atoms in total. The van der Waals surface area contributed by atoms with E-state index >= 15 is 0 Å². The zero-order valence-corrected chi connectivity index (χ0v) is 13.2. The molecule has 2 aromatic rings. The van der Waals surface area contributed by atoms with E-state index in [9.17, 15) is 4.79 Å². The van der Waals surface area contributed by atoms with Crippen LogP contribution in [0, 0.1) is 5.41 Å². The summed E-state index contributed by atoms with van der Waals surface area (Å²) in [6.07, 6.45) is 2.25. The van der Waals surface area contributed by atoms with Crippen molar-refractivity contribution < 1.29 is 9.32 Å². The molecule has 1 fully saturated rings. The first-order valence-corrected chi connectivity index (χ1v) is 8.05. The predicted octanol–water partition coefficient (Wildman–Crippen LogP) is 3.53. The van der Waals surface area contributed by atoms with E-state index < -0.39 is 0 Å². The second-order valence-electron chi connectivity index (χ2n) is 6.57. The highest BCUT2D eigenvalue weighted by Crippen LogP contribution is 2.40. The lowest BCUT2D eigenvalue weighted by molar-refractivity contribution is 0.0890. The van der Waals surface area contributed by atoms with Crippen LogP contribution in [0.1, 0.15) is 67.5 Å². The lowest BCUT2D eigenvalue weighted by atomic mass is 9.85. The summed E-state index contributed by atoms with van der Waals surface area (Å²) < 4.78 is 5.24. The van der Waals surface area contributed by atoms with Crippen molar-refractivity contribution in [3.05, 3.63) is 34.1 Å². The van der Waals surface area contributed by atoms with Crippen LogP contribution in [0.2, 0.25) is 0 Å². The van der Waals surface area contributed by atoms with Crippen LogP contribution in [0.15, 0.2) is 21.5 Å². The molecule has 0 bridgehead atoms. The van der Waals surface area contributed by atoms with Crippen LogP contribution < -0.4 is 5.32 Å². The van der Waals surface area contributed by atoms with Gasteiger partial charge in [-0.3, -0.25) is 4.79 Å². The van der Waals surface area contributed by atoms with E-state index in [1.807, 2.05) is 5.38 Å². The number of thiazole rings is 1. The topological polar surface area (TPSA) is 68.0 Å². The Kier molecular flexibility index (Phi) is 3.57. The fourth-order valence-corrected chi connectivity index (χ4v) is 2.84. The van der Waals surface area contributed by atoms with Gasteiger partial charge < -0.3 is 9.84 Å². The third-order valence-electron chi connectivity index (χ3n) is 3.63. The Bertz CT molecular complexity index is 624. The zero-order valence-electron chi connectivity index (χ0n) is 12.4. The highest BCUT2D eigenvalue weighted by atomic mass is 32.1. The van der Waals surface area contributed by atoms with Crippen LogP contribution in [0.3, 0.4) is 0 Å². The summed E-state index contributed by atoms with van der Waals surface area (Å²) in [5, 5.41) is 8.89. The number of amides is 1. The van der Waals surface area contributed by atoms with Crippen molar-refractivity contribution in [2.24, 2.45) is 5.41 Å². The van der Waals surface area contributed by atoms with Crippen molar-refractivity contribution >= 4 is 17.2 Å². The first-order valence-electron chi connectivity index (χ1n) is 7.10. The van der Waals surface area contributed by atoms with Gasteiger partial charge in [0.15, 0.2) is 5.69 Å². The maximum Gasteiger partial charge on any atom is 0.274 e. The minimum atomic E-state index is -0.210. The molecule has 112 valence electrons. The Labute approximate surface area is 127 Å². The average molecular weight is 305 g/mol. The molecule has 1 atom stereocenters. The van der Waals surface area contributed by atoms with E-state index in [4.69, 9.17) is 4.52 Å². The van der Waals surface area contributed by atoms with Crippen LogP contribution >= 0.6 is 11.3 Å². The number of carbonyl (C=O) groups excluding carboxylic acids is 1. The SMILES string of the molecule is CC(C)(C)C(NC(=O)c1cc(C2CC2)on1)c1cscn1. The Hall–Kier alpha value is -1.69. The van der Waals surface area contributed by atoms with E-state index in [0.29, 0.717) is 11.6 Å². The van der Waals surface area contributed by atoms with Gasteiger partial charge in [0, 0.05) is 17.4 Å². The van der Waals surface area contributed by atoms with E-state index in [-0.39, 0.29) is 17.4 Å². The summed E-state index contributed by atoms with van der Waals surface area (Å²) in [7, 11) is 0. The number of rotatable bonds is 4. The smallest absolute Gasteiger partial charge is 0.274 e. The summed E-state index contributed by atoms with van der Waals surface area (Å²) in [5.41, 5.74) is 2.88. The normalized spacial score (nSPS) is 16.7. The highest BCUT2D eigenvalue weighted by Gasteiger charge is 2.32. The quantitative estimate of drug-likeness (QED) is 0.938. The van der Waals surface area contributed by atoms with Gasteiger partial charge in [-0.2, -0.15) is 0 Å². The average Bonchev–Trinajstić information content (AvgIpc) is 2.93. The van der Waals surface area contributed by atoms with Crippen LogP contribution in [-0.2, 0) is 0 Å². The van der Waals surface area contributed by atoms with E-state index in [2.05, 4.69) is 36.2 Å². The second-order valence-corrected chi connectivity index (χ2v) is 7.29. The number of hydrogen-bond acceptors (Lipinski definition) is 5. The van der Waals surface area contributed by atoms with Crippen LogP contribution in [0.25, 0.3) is 0 Å². The van der Waals surface area contributed by atoms with Crippen molar-refractivity contribution in [3.8, 4) is 0 Å². The van der Waals surface area contributed by atoms with Crippen molar-refractivity contribution in [1.29, 1.82) is 0 Å². The summed E-state index contributed by atoms with van der Waals surface area (Å²) in [6, 6.07) is 1.60. The standard InChI is InChI=1S/C15H19N3O2S/c1-15(2,3)13(11-7-21-8-16-11)17-14(19)10-6-12(20-18-10)9-4-5-9/h6-9,13H,4-5H2,1-3H3,(H,17,19). The first-order chi connectivity index (χ1) is 9.95. The van der Waals surface area contributed by atoms with Gasteiger partial charge in [0.05, 0.1) is 17.2 Å². The van der Waals surface area contributed by atoms with Crippen molar-refractivity contribution in [2.75, 3.05) is 0 Å². The van der Waals surface area contributed by atoms with E-state index in [0.717, 1.165) is 24.3 Å². The molecule has 6 heteroatoms. The summed E-state index contributed by atoms with van der Waals surface area (Å²) in [4.78, 5) is 16.7.